The van der Waals surface area contributed by atoms with Crippen LogP contribution in [0.5, 0.6) is 5.75 Å². The summed E-state index contributed by atoms with van der Waals surface area (Å²) in [5, 5.41) is 9.19. The molecular weight excluding hydrogens is 444 g/mol. The number of benzene rings is 2. The molecule has 1 amide bonds. The zero-order valence-corrected chi connectivity index (χ0v) is 20.2. The van der Waals surface area contributed by atoms with E-state index < -0.39 is 0 Å². The van der Waals surface area contributed by atoms with E-state index in [0.29, 0.717) is 19.8 Å². The number of aromatic nitrogens is 1. The van der Waals surface area contributed by atoms with Crippen molar-refractivity contribution < 1.29 is 19.0 Å². The fraction of sp³-hybridized carbons (Fsp3) is 0.407. The highest BCUT2D eigenvalue weighted by atomic mass is 16.6. The van der Waals surface area contributed by atoms with Crippen LogP contribution in [-0.4, -0.2) is 74.4 Å². The molecular formula is C27H32N4O4. The zero-order valence-electron chi connectivity index (χ0n) is 20.2. The fourth-order valence-electron chi connectivity index (χ4n) is 4.98. The highest BCUT2D eigenvalue weighted by Crippen LogP contribution is 2.36. The number of carbonyl (C=O) groups is 1. The molecule has 0 bridgehead atoms. The fourth-order valence-corrected chi connectivity index (χ4v) is 4.98. The summed E-state index contributed by atoms with van der Waals surface area (Å²) >= 11 is 0. The van der Waals surface area contributed by atoms with Crippen LogP contribution in [0.3, 0.4) is 0 Å². The number of carbonyl (C=O) groups excluding carboxylic acids is 1. The van der Waals surface area contributed by atoms with E-state index in [4.69, 9.17) is 19.6 Å². The van der Waals surface area contributed by atoms with Crippen LogP contribution in [0.25, 0.3) is 22.2 Å². The van der Waals surface area contributed by atoms with E-state index in [-0.39, 0.29) is 6.09 Å². The SMILES string of the molecule is CCn1c(-c2cccc(N3CCOC3=O)c2)c(C=N)c2ccc(OCCCN3CCOCC3)cc21. The van der Waals surface area contributed by atoms with Crippen molar-refractivity contribution in [2.45, 2.75) is 19.9 Å². The van der Waals surface area contributed by atoms with Crippen molar-refractivity contribution in [2.24, 2.45) is 0 Å². The lowest BCUT2D eigenvalue weighted by atomic mass is 10.0. The number of cyclic esters (lactones) is 1. The molecule has 0 saturated carbocycles. The molecule has 184 valence electrons. The van der Waals surface area contributed by atoms with Gasteiger partial charge in [-0.25, -0.2) is 4.79 Å². The minimum Gasteiger partial charge on any atom is -0.493 e. The molecule has 1 N–H and O–H groups in total. The lowest BCUT2D eigenvalue weighted by Crippen LogP contribution is -2.37. The van der Waals surface area contributed by atoms with Gasteiger partial charge in [-0.15, -0.1) is 0 Å². The van der Waals surface area contributed by atoms with Gasteiger partial charge in [0.15, 0.2) is 0 Å². The number of nitrogens with one attached hydrogen (secondary N) is 1. The van der Waals surface area contributed by atoms with Gasteiger partial charge in [0, 0.05) is 60.7 Å². The Bertz CT molecular complexity index is 1220. The van der Waals surface area contributed by atoms with Crippen LogP contribution in [-0.2, 0) is 16.0 Å². The smallest absolute Gasteiger partial charge is 0.414 e. The molecule has 0 unspecified atom stereocenters. The third-order valence-corrected chi connectivity index (χ3v) is 6.72. The number of morpholine rings is 1. The molecule has 0 radical (unpaired) electrons. The molecule has 2 saturated heterocycles. The van der Waals surface area contributed by atoms with Crippen LogP contribution < -0.4 is 9.64 Å². The molecule has 2 aliphatic heterocycles. The second kappa shape index (κ2) is 10.5. The lowest BCUT2D eigenvalue weighted by Gasteiger charge is -2.26. The summed E-state index contributed by atoms with van der Waals surface area (Å²) in [6.45, 7) is 9.08. The number of nitrogens with zero attached hydrogens (tertiary/aromatic N) is 3. The van der Waals surface area contributed by atoms with Crippen molar-refractivity contribution in [2.75, 3.05) is 57.5 Å². The molecule has 8 heteroatoms. The second-order valence-electron chi connectivity index (χ2n) is 8.80. The minimum absolute atomic E-state index is 0.319. The van der Waals surface area contributed by atoms with Gasteiger partial charge in [0.2, 0.25) is 0 Å². The summed E-state index contributed by atoms with van der Waals surface area (Å²) in [4.78, 5) is 16.1. The van der Waals surface area contributed by atoms with Crippen LogP contribution in [0, 0.1) is 5.41 Å². The Kier molecular flexibility index (Phi) is 7.01. The number of anilines is 1. The van der Waals surface area contributed by atoms with Crippen LogP contribution in [0.4, 0.5) is 10.5 Å². The summed E-state index contributed by atoms with van der Waals surface area (Å²) in [6, 6.07) is 14.0. The third-order valence-electron chi connectivity index (χ3n) is 6.72. The Morgan fingerprint density at radius 1 is 1.09 bits per heavy atom. The number of rotatable bonds is 9. The van der Waals surface area contributed by atoms with Crippen molar-refractivity contribution in [1.82, 2.24) is 9.47 Å². The van der Waals surface area contributed by atoms with Crippen molar-refractivity contribution in [1.29, 1.82) is 5.41 Å². The summed E-state index contributed by atoms with van der Waals surface area (Å²) in [7, 11) is 0. The largest absolute Gasteiger partial charge is 0.493 e. The van der Waals surface area contributed by atoms with Crippen molar-refractivity contribution >= 4 is 28.9 Å². The normalized spacial score (nSPS) is 16.6. The average Bonchev–Trinajstić information content (AvgIpc) is 3.47. The summed E-state index contributed by atoms with van der Waals surface area (Å²) < 4.78 is 18.9. The Labute approximate surface area is 205 Å². The van der Waals surface area contributed by atoms with E-state index in [2.05, 4.69) is 22.5 Å². The van der Waals surface area contributed by atoms with Gasteiger partial charge < -0.3 is 24.2 Å². The molecule has 0 spiro atoms. The van der Waals surface area contributed by atoms with Crippen molar-refractivity contribution in [3.8, 4) is 17.0 Å². The van der Waals surface area contributed by atoms with Gasteiger partial charge in [-0.05, 0) is 37.6 Å². The standard InChI is InChI=1S/C27H32N4O4/c1-2-30-25-18-22(34-13-4-9-29-10-14-33-15-11-29)7-8-23(25)24(19-28)26(30)20-5-3-6-21(17-20)31-12-16-35-27(31)32/h3,5-8,17-19,28H,2,4,9-16H2,1H3. The maximum Gasteiger partial charge on any atom is 0.414 e. The van der Waals surface area contributed by atoms with Crippen LogP contribution in [0.15, 0.2) is 42.5 Å². The molecule has 1 aromatic heterocycles. The van der Waals surface area contributed by atoms with E-state index in [1.54, 1.807) is 4.90 Å². The van der Waals surface area contributed by atoms with Gasteiger partial charge in [-0.2, -0.15) is 0 Å². The first-order valence-corrected chi connectivity index (χ1v) is 12.3. The monoisotopic (exact) mass is 476 g/mol. The average molecular weight is 477 g/mol. The highest BCUT2D eigenvalue weighted by Gasteiger charge is 2.25. The number of aryl methyl sites for hydroxylation is 1. The molecule has 3 heterocycles. The van der Waals surface area contributed by atoms with Gasteiger partial charge in [0.1, 0.15) is 12.4 Å². The van der Waals surface area contributed by atoms with E-state index in [0.717, 1.165) is 85.0 Å². The zero-order chi connectivity index (χ0) is 24.2. The predicted octanol–water partition coefficient (Wildman–Crippen LogP) is 4.38. The van der Waals surface area contributed by atoms with Crippen LogP contribution in [0.2, 0.25) is 0 Å². The Balaban J connectivity index is 1.41. The molecule has 2 aliphatic rings. The molecule has 0 aliphatic carbocycles. The second-order valence-corrected chi connectivity index (χ2v) is 8.80. The quantitative estimate of drug-likeness (QED) is 0.366. The summed E-state index contributed by atoms with van der Waals surface area (Å²) in [5.74, 6) is 0.836. The molecule has 3 aromatic rings. The van der Waals surface area contributed by atoms with Gasteiger partial charge in [0.25, 0.3) is 0 Å². The van der Waals surface area contributed by atoms with Crippen molar-refractivity contribution in [3.63, 3.8) is 0 Å². The number of amides is 1. The van der Waals surface area contributed by atoms with E-state index in [1.807, 2.05) is 36.4 Å². The summed E-state index contributed by atoms with van der Waals surface area (Å²) in [6.07, 6.45) is 2.07. The van der Waals surface area contributed by atoms with Gasteiger partial charge >= 0.3 is 6.09 Å². The maximum atomic E-state index is 12.1. The Morgan fingerprint density at radius 3 is 2.69 bits per heavy atom. The number of hydrogen-bond acceptors (Lipinski definition) is 6. The first-order valence-electron chi connectivity index (χ1n) is 12.3. The maximum absolute atomic E-state index is 12.1. The van der Waals surface area contributed by atoms with Crippen LogP contribution >= 0.6 is 0 Å². The molecule has 8 nitrogen and oxygen atoms in total. The molecule has 0 atom stereocenters. The summed E-state index contributed by atoms with van der Waals surface area (Å²) in [5.41, 5.74) is 4.64. The lowest BCUT2D eigenvalue weighted by molar-refractivity contribution is 0.0358. The molecule has 2 aromatic carbocycles. The molecule has 2 fully saturated rings. The van der Waals surface area contributed by atoms with E-state index in [1.165, 1.54) is 6.21 Å². The van der Waals surface area contributed by atoms with Crippen molar-refractivity contribution in [3.05, 3.63) is 48.0 Å². The first kappa shape index (κ1) is 23.4. The minimum atomic E-state index is -0.319. The van der Waals surface area contributed by atoms with Crippen LogP contribution in [0.1, 0.15) is 18.9 Å². The van der Waals surface area contributed by atoms with Gasteiger partial charge in [-0.1, -0.05) is 12.1 Å². The predicted molar refractivity (Wildman–Crippen MR) is 137 cm³/mol. The topological polar surface area (TPSA) is 80.0 Å². The van der Waals surface area contributed by atoms with E-state index in [9.17, 15) is 4.79 Å². The van der Waals surface area contributed by atoms with Gasteiger partial charge in [-0.3, -0.25) is 9.80 Å². The number of fused-ring (bicyclic) bond motifs is 1. The number of ether oxygens (including phenoxy) is 3. The first-order chi connectivity index (χ1) is 17.2. The Morgan fingerprint density at radius 2 is 1.94 bits per heavy atom. The van der Waals surface area contributed by atoms with Gasteiger partial charge in [0.05, 0.1) is 37.6 Å². The molecule has 35 heavy (non-hydrogen) atoms. The number of hydrogen-bond donors (Lipinski definition) is 1. The highest BCUT2D eigenvalue weighted by molar-refractivity contribution is 6.06. The molecule has 5 rings (SSSR count). The Hall–Kier alpha value is -3.36. The third kappa shape index (κ3) is 4.76. The van der Waals surface area contributed by atoms with E-state index >= 15 is 0 Å².